The van der Waals surface area contributed by atoms with Crippen molar-refractivity contribution < 1.29 is 9.13 Å². The summed E-state index contributed by atoms with van der Waals surface area (Å²) >= 11 is 0. The number of hydrogen-bond donors (Lipinski definition) is 2. The zero-order valence-electron chi connectivity index (χ0n) is 11.9. The zero-order valence-corrected chi connectivity index (χ0v) is 11.9. The lowest BCUT2D eigenvalue weighted by Crippen LogP contribution is -2.29. The third-order valence-corrected chi connectivity index (χ3v) is 3.25. The summed E-state index contributed by atoms with van der Waals surface area (Å²) in [6.07, 6.45) is 2.65. The molecule has 108 valence electrons. The van der Waals surface area contributed by atoms with Gasteiger partial charge < -0.3 is 4.74 Å². The average molecular weight is 278 g/mol. The second-order valence-electron chi connectivity index (χ2n) is 4.54. The Kier molecular flexibility index (Phi) is 4.36. The number of rotatable bonds is 5. The molecule has 6 heteroatoms. The van der Waals surface area contributed by atoms with Gasteiger partial charge in [0.2, 0.25) is 0 Å². The summed E-state index contributed by atoms with van der Waals surface area (Å²) in [6.45, 7) is 2.02. The van der Waals surface area contributed by atoms with Gasteiger partial charge in [0, 0.05) is 24.4 Å². The van der Waals surface area contributed by atoms with Gasteiger partial charge in [-0.25, -0.2) is 9.82 Å². The van der Waals surface area contributed by atoms with Gasteiger partial charge in [-0.1, -0.05) is 6.92 Å². The van der Waals surface area contributed by atoms with Gasteiger partial charge in [-0.2, -0.15) is 5.10 Å². The van der Waals surface area contributed by atoms with Crippen LogP contribution in [0.4, 0.5) is 4.39 Å². The molecule has 0 saturated heterocycles. The largest absolute Gasteiger partial charge is 0.496 e. The first-order valence-electron chi connectivity index (χ1n) is 6.42. The normalized spacial score (nSPS) is 12.4. The minimum absolute atomic E-state index is 0.331. The van der Waals surface area contributed by atoms with Gasteiger partial charge in [-0.05, 0) is 24.6 Å². The number of hydrogen-bond acceptors (Lipinski definition) is 4. The Labute approximate surface area is 117 Å². The molecular weight excluding hydrogens is 259 g/mol. The second-order valence-corrected chi connectivity index (χ2v) is 4.54. The number of aromatic nitrogens is 2. The summed E-state index contributed by atoms with van der Waals surface area (Å²) in [7, 11) is 3.40. The number of nitrogens with one attached hydrogen (secondary N) is 1. The Morgan fingerprint density at radius 3 is 2.80 bits per heavy atom. The highest BCUT2D eigenvalue weighted by atomic mass is 19.1. The molecule has 0 radical (unpaired) electrons. The van der Waals surface area contributed by atoms with E-state index in [4.69, 9.17) is 10.6 Å². The van der Waals surface area contributed by atoms with Gasteiger partial charge in [-0.15, -0.1) is 0 Å². The van der Waals surface area contributed by atoms with Gasteiger partial charge in [-0.3, -0.25) is 10.5 Å². The van der Waals surface area contributed by atoms with Crippen LogP contribution >= 0.6 is 0 Å². The molecule has 1 aromatic heterocycles. The summed E-state index contributed by atoms with van der Waals surface area (Å²) in [5.41, 5.74) is 5.21. The lowest BCUT2D eigenvalue weighted by Gasteiger charge is -2.19. The molecule has 1 atom stereocenters. The van der Waals surface area contributed by atoms with E-state index in [0.29, 0.717) is 11.3 Å². The highest BCUT2D eigenvalue weighted by molar-refractivity contribution is 5.42. The number of hydrazine groups is 1. The van der Waals surface area contributed by atoms with E-state index in [0.717, 1.165) is 17.7 Å². The van der Waals surface area contributed by atoms with Crippen LogP contribution in [0, 0.1) is 5.82 Å². The molecule has 0 bridgehead atoms. The molecule has 0 amide bonds. The first kappa shape index (κ1) is 14.5. The van der Waals surface area contributed by atoms with E-state index in [9.17, 15) is 4.39 Å². The van der Waals surface area contributed by atoms with Crippen molar-refractivity contribution >= 4 is 0 Å². The van der Waals surface area contributed by atoms with Crippen molar-refractivity contribution in [1.29, 1.82) is 0 Å². The van der Waals surface area contributed by atoms with Crippen LogP contribution in [0.1, 0.15) is 29.8 Å². The lowest BCUT2D eigenvalue weighted by atomic mass is 9.98. The lowest BCUT2D eigenvalue weighted by molar-refractivity contribution is 0.402. The molecule has 0 aliphatic rings. The van der Waals surface area contributed by atoms with Gasteiger partial charge >= 0.3 is 0 Å². The number of ether oxygens (including phenoxy) is 1. The molecule has 0 aliphatic heterocycles. The van der Waals surface area contributed by atoms with Crippen molar-refractivity contribution in [3.63, 3.8) is 0 Å². The summed E-state index contributed by atoms with van der Waals surface area (Å²) in [5, 5.41) is 4.39. The average Bonchev–Trinajstić information content (AvgIpc) is 2.81. The molecule has 3 N–H and O–H groups in total. The molecule has 5 nitrogen and oxygen atoms in total. The van der Waals surface area contributed by atoms with Crippen LogP contribution in [0.3, 0.4) is 0 Å². The molecule has 0 aliphatic carbocycles. The van der Waals surface area contributed by atoms with Gasteiger partial charge in [0.15, 0.2) is 0 Å². The van der Waals surface area contributed by atoms with Crippen molar-refractivity contribution in [2.45, 2.75) is 19.4 Å². The van der Waals surface area contributed by atoms with Crippen LogP contribution in [-0.2, 0) is 13.5 Å². The van der Waals surface area contributed by atoms with Crippen LogP contribution in [0.15, 0.2) is 24.4 Å². The van der Waals surface area contributed by atoms with Crippen molar-refractivity contribution in [3.8, 4) is 5.75 Å². The summed E-state index contributed by atoms with van der Waals surface area (Å²) in [4.78, 5) is 0. The monoisotopic (exact) mass is 278 g/mol. The molecule has 0 fully saturated rings. The topological polar surface area (TPSA) is 65.1 Å². The molecule has 0 saturated carbocycles. The number of nitrogens with two attached hydrogens (primary N) is 1. The van der Waals surface area contributed by atoms with Crippen LogP contribution in [0.25, 0.3) is 0 Å². The number of nitrogens with zero attached hydrogens (tertiary/aromatic N) is 2. The molecule has 1 unspecified atom stereocenters. The number of benzene rings is 1. The summed E-state index contributed by atoms with van der Waals surface area (Å²) in [5.74, 6) is 5.93. The van der Waals surface area contributed by atoms with E-state index in [-0.39, 0.29) is 11.9 Å². The minimum Gasteiger partial charge on any atom is -0.496 e. The van der Waals surface area contributed by atoms with Crippen LogP contribution in [0.5, 0.6) is 5.75 Å². The van der Waals surface area contributed by atoms with Crippen LogP contribution in [-0.4, -0.2) is 16.9 Å². The molecule has 1 aromatic carbocycles. The fourth-order valence-electron chi connectivity index (χ4n) is 2.35. The van der Waals surface area contributed by atoms with Crippen molar-refractivity contribution in [3.05, 3.63) is 47.0 Å². The van der Waals surface area contributed by atoms with Gasteiger partial charge in [0.05, 0.1) is 18.8 Å². The van der Waals surface area contributed by atoms with Gasteiger partial charge in [0.1, 0.15) is 11.6 Å². The molecule has 2 rings (SSSR count). The smallest absolute Gasteiger partial charge is 0.124 e. The SMILES string of the molecule is CCc1nn(C)cc1C(NN)c1cc(F)ccc1OC. The van der Waals surface area contributed by atoms with E-state index >= 15 is 0 Å². The van der Waals surface area contributed by atoms with E-state index in [1.165, 1.54) is 12.1 Å². The number of halogens is 1. The quantitative estimate of drug-likeness (QED) is 0.645. The molecule has 0 spiro atoms. The first-order valence-corrected chi connectivity index (χ1v) is 6.42. The Morgan fingerprint density at radius 1 is 1.45 bits per heavy atom. The van der Waals surface area contributed by atoms with E-state index < -0.39 is 0 Å². The van der Waals surface area contributed by atoms with E-state index in [2.05, 4.69) is 10.5 Å². The molecule has 20 heavy (non-hydrogen) atoms. The fraction of sp³-hybridized carbons (Fsp3) is 0.357. The third-order valence-electron chi connectivity index (χ3n) is 3.25. The van der Waals surface area contributed by atoms with Crippen molar-refractivity contribution in [2.75, 3.05) is 7.11 Å². The molecule has 1 heterocycles. The van der Waals surface area contributed by atoms with E-state index in [1.54, 1.807) is 17.9 Å². The first-order chi connectivity index (χ1) is 9.60. The van der Waals surface area contributed by atoms with Crippen molar-refractivity contribution in [2.24, 2.45) is 12.9 Å². The highest BCUT2D eigenvalue weighted by Crippen LogP contribution is 2.31. The summed E-state index contributed by atoms with van der Waals surface area (Å²) < 4.78 is 20.6. The third kappa shape index (κ3) is 2.66. The maximum Gasteiger partial charge on any atom is 0.124 e. The minimum atomic E-state index is -0.371. The molecular formula is C14H19FN4O. The van der Waals surface area contributed by atoms with Crippen LogP contribution < -0.4 is 16.0 Å². The van der Waals surface area contributed by atoms with Crippen LogP contribution in [0.2, 0.25) is 0 Å². The van der Waals surface area contributed by atoms with Crippen molar-refractivity contribution in [1.82, 2.24) is 15.2 Å². The number of methoxy groups -OCH3 is 1. The maximum atomic E-state index is 13.5. The van der Waals surface area contributed by atoms with Gasteiger partial charge in [0.25, 0.3) is 0 Å². The Hall–Kier alpha value is -1.92. The Bertz CT molecular complexity index is 597. The van der Waals surface area contributed by atoms with E-state index in [1.807, 2.05) is 20.2 Å². The maximum absolute atomic E-state index is 13.5. The fourth-order valence-corrected chi connectivity index (χ4v) is 2.35. The summed E-state index contributed by atoms with van der Waals surface area (Å²) in [6, 6.07) is 4.01. The zero-order chi connectivity index (χ0) is 14.7. The highest BCUT2D eigenvalue weighted by Gasteiger charge is 2.22. The Balaban J connectivity index is 2.54. The number of aryl methyl sites for hydroxylation is 2. The molecule has 2 aromatic rings. The standard InChI is InChI=1S/C14H19FN4O/c1-4-12-11(8-19(2)18-12)14(17-16)10-7-9(15)5-6-13(10)20-3/h5-8,14,17H,4,16H2,1-3H3. The second kappa shape index (κ2) is 6.02. The Morgan fingerprint density at radius 2 is 2.20 bits per heavy atom. The predicted molar refractivity (Wildman–Crippen MR) is 74.7 cm³/mol. The predicted octanol–water partition coefficient (Wildman–Crippen LogP) is 1.68.